The average molecular weight is 312 g/mol. The minimum atomic E-state index is 0.174. The van der Waals surface area contributed by atoms with Gasteiger partial charge in [0, 0.05) is 17.8 Å². The number of alkyl halides is 1. The monoisotopic (exact) mass is 311 g/mol. The van der Waals surface area contributed by atoms with Gasteiger partial charge in [0.1, 0.15) is 0 Å². The molecule has 1 atom stereocenters. The van der Waals surface area contributed by atoms with Crippen molar-refractivity contribution < 1.29 is 4.79 Å². The predicted octanol–water partition coefficient (Wildman–Crippen LogP) is 3.69. The Hall–Kier alpha value is -0.830. The van der Waals surface area contributed by atoms with E-state index in [-0.39, 0.29) is 11.9 Å². The largest absolute Gasteiger partial charge is 0.354 e. The third-order valence-corrected chi connectivity index (χ3v) is 3.45. The summed E-state index contributed by atoms with van der Waals surface area (Å²) in [6.07, 6.45) is 4.65. The molecule has 18 heavy (non-hydrogen) atoms. The molecule has 0 aliphatic rings. The zero-order chi connectivity index (χ0) is 13.2. The molecule has 1 rings (SSSR count). The Bertz CT molecular complexity index is 340. The Kier molecular flexibility index (Phi) is 7.74. The molecule has 0 bridgehead atoms. The molecule has 0 saturated carbocycles. The Morgan fingerprint density at radius 2 is 2.00 bits per heavy atom. The third kappa shape index (κ3) is 6.80. The standard InChI is InChI=1S/C15H22BrNO/c1-13(7-6-12-16)17-15(18)11-5-10-14-8-3-2-4-9-14/h2-4,8-9,13H,5-7,10-12H2,1H3,(H,17,18). The molecule has 0 aromatic heterocycles. The maximum absolute atomic E-state index is 11.7. The lowest BCUT2D eigenvalue weighted by molar-refractivity contribution is -0.121. The number of carbonyl (C=O) groups is 1. The molecule has 0 radical (unpaired) electrons. The quantitative estimate of drug-likeness (QED) is 0.729. The van der Waals surface area contributed by atoms with Crippen molar-refractivity contribution in [1.82, 2.24) is 5.32 Å². The Labute approximate surface area is 118 Å². The molecule has 0 spiro atoms. The molecule has 100 valence electrons. The summed E-state index contributed by atoms with van der Waals surface area (Å²) in [6.45, 7) is 2.07. The van der Waals surface area contributed by atoms with Gasteiger partial charge in [-0.2, -0.15) is 0 Å². The average Bonchev–Trinajstić information content (AvgIpc) is 2.37. The van der Waals surface area contributed by atoms with Crippen LogP contribution in [0.3, 0.4) is 0 Å². The zero-order valence-electron chi connectivity index (χ0n) is 11.0. The van der Waals surface area contributed by atoms with Crippen LogP contribution in [0.25, 0.3) is 0 Å². The van der Waals surface area contributed by atoms with E-state index in [4.69, 9.17) is 0 Å². The second-order valence-electron chi connectivity index (χ2n) is 4.64. The zero-order valence-corrected chi connectivity index (χ0v) is 12.6. The smallest absolute Gasteiger partial charge is 0.220 e. The van der Waals surface area contributed by atoms with E-state index >= 15 is 0 Å². The molecule has 0 fully saturated rings. The summed E-state index contributed by atoms with van der Waals surface area (Å²) < 4.78 is 0. The van der Waals surface area contributed by atoms with E-state index in [1.807, 2.05) is 18.2 Å². The number of carbonyl (C=O) groups excluding carboxylic acids is 1. The molecular weight excluding hydrogens is 290 g/mol. The molecule has 0 heterocycles. The Morgan fingerprint density at radius 3 is 2.67 bits per heavy atom. The molecule has 2 nitrogen and oxygen atoms in total. The summed E-state index contributed by atoms with van der Waals surface area (Å²) in [4.78, 5) is 11.7. The van der Waals surface area contributed by atoms with Crippen LogP contribution < -0.4 is 5.32 Å². The van der Waals surface area contributed by atoms with Gasteiger partial charge in [0.05, 0.1) is 0 Å². The van der Waals surface area contributed by atoms with Crippen molar-refractivity contribution in [3.8, 4) is 0 Å². The van der Waals surface area contributed by atoms with Crippen molar-refractivity contribution in [3.05, 3.63) is 35.9 Å². The number of nitrogens with one attached hydrogen (secondary N) is 1. The van der Waals surface area contributed by atoms with E-state index in [2.05, 4.69) is 40.3 Å². The second-order valence-corrected chi connectivity index (χ2v) is 5.43. The number of aryl methyl sites for hydroxylation is 1. The van der Waals surface area contributed by atoms with Crippen molar-refractivity contribution in [1.29, 1.82) is 0 Å². The number of amides is 1. The number of hydrogen-bond acceptors (Lipinski definition) is 1. The molecule has 0 aliphatic carbocycles. The SMILES string of the molecule is CC(CCCBr)NC(=O)CCCc1ccccc1. The summed E-state index contributed by atoms with van der Waals surface area (Å²) in [5.41, 5.74) is 1.30. The van der Waals surface area contributed by atoms with Crippen LogP contribution >= 0.6 is 15.9 Å². The van der Waals surface area contributed by atoms with Gasteiger partial charge in [-0.1, -0.05) is 46.3 Å². The summed E-state index contributed by atoms with van der Waals surface area (Å²) in [7, 11) is 0. The highest BCUT2D eigenvalue weighted by molar-refractivity contribution is 9.09. The van der Waals surface area contributed by atoms with Crippen molar-refractivity contribution in [2.75, 3.05) is 5.33 Å². The molecule has 1 N–H and O–H groups in total. The highest BCUT2D eigenvalue weighted by atomic mass is 79.9. The summed E-state index contributed by atoms with van der Waals surface area (Å²) in [5.74, 6) is 0.174. The molecule has 0 aliphatic heterocycles. The molecule has 1 aromatic rings. The van der Waals surface area contributed by atoms with E-state index in [9.17, 15) is 4.79 Å². The van der Waals surface area contributed by atoms with Crippen LogP contribution in [-0.2, 0) is 11.2 Å². The van der Waals surface area contributed by atoms with Crippen molar-refractivity contribution in [2.24, 2.45) is 0 Å². The first-order chi connectivity index (χ1) is 8.72. The number of hydrogen-bond donors (Lipinski definition) is 1. The highest BCUT2D eigenvalue weighted by Gasteiger charge is 2.06. The van der Waals surface area contributed by atoms with Crippen LogP contribution in [0.2, 0.25) is 0 Å². The number of benzene rings is 1. The van der Waals surface area contributed by atoms with Gasteiger partial charge in [0.2, 0.25) is 5.91 Å². The molecule has 3 heteroatoms. The molecule has 1 unspecified atom stereocenters. The van der Waals surface area contributed by atoms with E-state index in [1.165, 1.54) is 5.56 Å². The van der Waals surface area contributed by atoms with Crippen LogP contribution in [0.4, 0.5) is 0 Å². The number of halogens is 1. The maximum atomic E-state index is 11.7. The van der Waals surface area contributed by atoms with E-state index in [1.54, 1.807) is 0 Å². The molecule has 0 saturated heterocycles. The fourth-order valence-corrected chi connectivity index (χ4v) is 2.22. The lowest BCUT2D eigenvalue weighted by atomic mass is 10.1. The van der Waals surface area contributed by atoms with Crippen LogP contribution in [-0.4, -0.2) is 17.3 Å². The van der Waals surface area contributed by atoms with Gasteiger partial charge in [0.25, 0.3) is 0 Å². The lowest BCUT2D eigenvalue weighted by Gasteiger charge is -2.13. The van der Waals surface area contributed by atoms with Gasteiger partial charge >= 0.3 is 0 Å². The van der Waals surface area contributed by atoms with Crippen molar-refractivity contribution in [2.45, 2.75) is 45.1 Å². The first-order valence-corrected chi connectivity index (χ1v) is 7.73. The van der Waals surface area contributed by atoms with Gasteiger partial charge in [-0.15, -0.1) is 0 Å². The maximum Gasteiger partial charge on any atom is 0.220 e. The third-order valence-electron chi connectivity index (χ3n) is 2.89. The summed E-state index contributed by atoms with van der Waals surface area (Å²) in [6, 6.07) is 10.6. The highest BCUT2D eigenvalue weighted by Crippen LogP contribution is 2.05. The predicted molar refractivity (Wildman–Crippen MR) is 80.0 cm³/mol. The van der Waals surface area contributed by atoms with Crippen molar-refractivity contribution >= 4 is 21.8 Å². The minimum absolute atomic E-state index is 0.174. The van der Waals surface area contributed by atoms with Crippen LogP contribution in [0.15, 0.2) is 30.3 Å². The first kappa shape index (κ1) is 15.2. The van der Waals surface area contributed by atoms with Gasteiger partial charge in [-0.3, -0.25) is 4.79 Å². The van der Waals surface area contributed by atoms with Crippen LogP contribution in [0.1, 0.15) is 38.2 Å². The van der Waals surface area contributed by atoms with E-state index < -0.39 is 0 Å². The minimum Gasteiger partial charge on any atom is -0.354 e. The van der Waals surface area contributed by atoms with Gasteiger partial charge in [-0.25, -0.2) is 0 Å². The fraction of sp³-hybridized carbons (Fsp3) is 0.533. The summed E-state index contributed by atoms with van der Waals surface area (Å²) >= 11 is 3.40. The molecular formula is C15H22BrNO. The van der Waals surface area contributed by atoms with Gasteiger partial charge < -0.3 is 5.32 Å². The number of rotatable bonds is 8. The van der Waals surface area contributed by atoms with Gasteiger partial charge in [-0.05, 0) is 38.2 Å². The molecule has 1 amide bonds. The second kappa shape index (κ2) is 9.15. The van der Waals surface area contributed by atoms with Crippen molar-refractivity contribution in [3.63, 3.8) is 0 Å². The fourth-order valence-electron chi connectivity index (χ4n) is 1.90. The van der Waals surface area contributed by atoms with Crippen LogP contribution in [0, 0.1) is 0 Å². The van der Waals surface area contributed by atoms with Gasteiger partial charge in [0.15, 0.2) is 0 Å². The summed E-state index contributed by atoms with van der Waals surface area (Å²) in [5, 5.41) is 4.04. The Balaban J connectivity index is 2.13. The normalized spacial score (nSPS) is 12.1. The van der Waals surface area contributed by atoms with Crippen LogP contribution in [0.5, 0.6) is 0 Å². The Morgan fingerprint density at radius 1 is 1.28 bits per heavy atom. The first-order valence-electron chi connectivity index (χ1n) is 6.61. The van der Waals surface area contributed by atoms with E-state index in [0.717, 1.165) is 31.0 Å². The lowest BCUT2D eigenvalue weighted by Crippen LogP contribution is -2.32. The topological polar surface area (TPSA) is 29.1 Å². The van der Waals surface area contributed by atoms with E-state index in [0.29, 0.717) is 6.42 Å². The molecule has 1 aromatic carbocycles.